The van der Waals surface area contributed by atoms with Crippen molar-refractivity contribution >= 4 is 46.4 Å². The average molecular weight is 300 g/mol. The number of thiocarbonyl (C=S) groups is 1. The van der Waals surface area contributed by atoms with Gasteiger partial charge in [-0.1, -0.05) is 66.3 Å². The van der Waals surface area contributed by atoms with E-state index in [1.54, 1.807) is 12.1 Å². The van der Waals surface area contributed by atoms with Crippen LogP contribution in [0.3, 0.4) is 0 Å². The summed E-state index contributed by atoms with van der Waals surface area (Å²) in [6, 6.07) is 15.0. The third-order valence-corrected chi connectivity index (χ3v) is 3.80. The van der Waals surface area contributed by atoms with E-state index in [-0.39, 0.29) is 5.91 Å². The minimum Gasteiger partial charge on any atom is -0.312 e. The molecule has 1 aliphatic heterocycles. The van der Waals surface area contributed by atoms with Gasteiger partial charge in [0.15, 0.2) is 0 Å². The van der Waals surface area contributed by atoms with Gasteiger partial charge in [0.25, 0.3) is 5.91 Å². The van der Waals surface area contributed by atoms with Gasteiger partial charge >= 0.3 is 0 Å². The summed E-state index contributed by atoms with van der Waals surface area (Å²) in [6.45, 7) is 0. The van der Waals surface area contributed by atoms with Crippen LogP contribution in [0.4, 0.5) is 0 Å². The summed E-state index contributed by atoms with van der Waals surface area (Å²) in [7, 11) is 0. The van der Waals surface area contributed by atoms with Crippen LogP contribution in [0.15, 0.2) is 48.5 Å². The first-order chi connectivity index (χ1) is 9.66. The molecule has 1 aliphatic rings. The maximum atomic E-state index is 12.2. The summed E-state index contributed by atoms with van der Waals surface area (Å²) < 4.78 is 0. The van der Waals surface area contributed by atoms with Gasteiger partial charge in [-0.25, -0.2) is 0 Å². The molecule has 0 unspecified atom stereocenters. The highest BCUT2D eigenvalue weighted by Gasteiger charge is 2.24. The number of nitrogens with one attached hydrogen (secondary N) is 1. The Hall–Kier alpha value is -1.97. The van der Waals surface area contributed by atoms with Crippen molar-refractivity contribution in [3.8, 4) is 0 Å². The Balaban J connectivity index is 2.19. The molecule has 0 aliphatic carbocycles. The maximum absolute atomic E-state index is 12.2. The highest BCUT2D eigenvalue weighted by molar-refractivity contribution is 7.80. The van der Waals surface area contributed by atoms with Crippen LogP contribution in [-0.2, 0) is 4.79 Å². The van der Waals surface area contributed by atoms with Crippen LogP contribution in [-0.4, -0.2) is 10.9 Å². The van der Waals surface area contributed by atoms with E-state index in [0.717, 1.165) is 16.7 Å². The molecule has 0 bridgehead atoms. The number of benzene rings is 2. The van der Waals surface area contributed by atoms with E-state index in [1.165, 1.54) is 0 Å². The molecule has 0 fully saturated rings. The number of halogens is 1. The summed E-state index contributed by atoms with van der Waals surface area (Å²) in [5.41, 5.74) is 3.07. The first-order valence-electron chi connectivity index (χ1n) is 6.08. The van der Waals surface area contributed by atoms with E-state index in [2.05, 4.69) is 5.32 Å². The van der Waals surface area contributed by atoms with Crippen LogP contribution in [0.25, 0.3) is 11.6 Å². The molecule has 98 valence electrons. The number of fused-ring (bicyclic) bond motifs is 1. The topological polar surface area (TPSA) is 29.1 Å². The lowest BCUT2D eigenvalue weighted by atomic mass is 9.94. The standard InChI is InChI=1S/C16H10ClNOS/c17-14-8-4-1-5-10(14)9-13-11-6-2-3-7-12(11)16(20)18-15(13)19/h1-9H,(H,18,19,20)/b13-9-. The zero-order valence-corrected chi connectivity index (χ0v) is 12.0. The second kappa shape index (κ2) is 5.19. The molecule has 0 atom stereocenters. The SMILES string of the molecule is O=C1NC(=S)c2ccccc2/C1=C/c1ccccc1Cl. The van der Waals surface area contributed by atoms with E-state index in [1.807, 2.05) is 42.5 Å². The van der Waals surface area contributed by atoms with Gasteiger partial charge in [-0.15, -0.1) is 0 Å². The Morgan fingerprint density at radius 3 is 2.40 bits per heavy atom. The number of hydrogen-bond acceptors (Lipinski definition) is 2. The lowest BCUT2D eigenvalue weighted by molar-refractivity contribution is -0.114. The van der Waals surface area contributed by atoms with Crippen molar-refractivity contribution in [2.45, 2.75) is 0 Å². The van der Waals surface area contributed by atoms with Crippen LogP contribution in [0.2, 0.25) is 5.02 Å². The Bertz CT molecular complexity index is 752. The molecule has 0 aromatic heterocycles. The Kier molecular flexibility index (Phi) is 3.38. The van der Waals surface area contributed by atoms with Crippen molar-refractivity contribution in [3.63, 3.8) is 0 Å². The summed E-state index contributed by atoms with van der Waals surface area (Å²) in [4.78, 5) is 12.6. The molecule has 1 amide bonds. The van der Waals surface area contributed by atoms with Crippen LogP contribution in [0, 0.1) is 0 Å². The van der Waals surface area contributed by atoms with E-state index < -0.39 is 0 Å². The van der Waals surface area contributed by atoms with Crippen LogP contribution in [0.5, 0.6) is 0 Å². The minimum atomic E-state index is -0.200. The van der Waals surface area contributed by atoms with Crippen LogP contribution in [0.1, 0.15) is 16.7 Å². The normalized spacial score (nSPS) is 15.9. The quantitative estimate of drug-likeness (QED) is 0.643. The van der Waals surface area contributed by atoms with Gasteiger partial charge in [-0.2, -0.15) is 0 Å². The smallest absolute Gasteiger partial charge is 0.256 e. The van der Waals surface area contributed by atoms with Crippen LogP contribution < -0.4 is 5.32 Å². The molecular weight excluding hydrogens is 290 g/mol. The highest BCUT2D eigenvalue weighted by Crippen LogP contribution is 2.28. The molecule has 1 N–H and O–H groups in total. The molecular formula is C16H10ClNOS. The van der Waals surface area contributed by atoms with Gasteiger partial charge in [0, 0.05) is 16.2 Å². The highest BCUT2D eigenvalue weighted by atomic mass is 35.5. The molecule has 4 heteroatoms. The van der Waals surface area contributed by atoms with Crippen molar-refractivity contribution in [2.24, 2.45) is 0 Å². The van der Waals surface area contributed by atoms with Gasteiger partial charge in [-0.05, 0) is 23.3 Å². The molecule has 3 rings (SSSR count). The zero-order valence-electron chi connectivity index (χ0n) is 10.4. The molecule has 20 heavy (non-hydrogen) atoms. The maximum Gasteiger partial charge on any atom is 0.256 e. The van der Waals surface area contributed by atoms with Crippen molar-refractivity contribution < 1.29 is 4.79 Å². The number of amides is 1. The summed E-state index contributed by atoms with van der Waals surface area (Å²) in [5.74, 6) is -0.200. The Morgan fingerprint density at radius 2 is 1.65 bits per heavy atom. The number of hydrogen-bond donors (Lipinski definition) is 1. The number of rotatable bonds is 1. The summed E-state index contributed by atoms with van der Waals surface area (Å²) >= 11 is 11.3. The van der Waals surface area contributed by atoms with Crippen molar-refractivity contribution in [1.29, 1.82) is 0 Å². The molecule has 0 saturated heterocycles. The van der Waals surface area contributed by atoms with Gasteiger partial charge in [0.1, 0.15) is 4.99 Å². The lowest BCUT2D eigenvalue weighted by Crippen LogP contribution is -2.35. The Labute approximate surface area is 127 Å². The fourth-order valence-corrected chi connectivity index (χ4v) is 2.63. The predicted octanol–water partition coefficient (Wildman–Crippen LogP) is 3.69. The van der Waals surface area contributed by atoms with Crippen molar-refractivity contribution in [2.75, 3.05) is 0 Å². The van der Waals surface area contributed by atoms with E-state index in [9.17, 15) is 4.79 Å². The monoisotopic (exact) mass is 299 g/mol. The summed E-state index contributed by atoms with van der Waals surface area (Å²) in [5, 5.41) is 3.32. The van der Waals surface area contributed by atoms with E-state index in [4.69, 9.17) is 23.8 Å². The second-order valence-electron chi connectivity index (χ2n) is 4.41. The first kappa shape index (κ1) is 13.0. The molecule has 0 saturated carbocycles. The predicted molar refractivity (Wildman–Crippen MR) is 85.6 cm³/mol. The molecule has 1 heterocycles. The fraction of sp³-hybridized carbons (Fsp3) is 0. The largest absolute Gasteiger partial charge is 0.312 e. The van der Waals surface area contributed by atoms with Crippen molar-refractivity contribution in [1.82, 2.24) is 5.32 Å². The molecule has 0 radical (unpaired) electrons. The summed E-state index contributed by atoms with van der Waals surface area (Å²) in [6.07, 6.45) is 1.79. The van der Waals surface area contributed by atoms with Gasteiger partial charge in [-0.3, -0.25) is 4.79 Å². The van der Waals surface area contributed by atoms with Gasteiger partial charge in [0.05, 0.1) is 0 Å². The molecule has 2 nitrogen and oxygen atoms in total. The van der Waals surface area contributed by atoms with E-state index in [0.29, 0.717) is 15.6 Å². The van der Waals surface area contributed by atoms with Gasteiger partial charge < -0.3 is 5.32 Å². The Morgan fingerprint density at radius 1 is 1.00 bits per heavy atom. The fourth-order valence-electron chi connectivity index (χ4n) is 2.17. The third-order valence-electron chi connectivity index (χ3n) is 3.14. The average Bonchev–Trinajstić information content (AvgIpc) is 2.45. The lowest BCUT2D eigenvalue weighted by Gasteiger charge is -2.20. The molecule has 2 aromatic carbocycles. The van der Waals surface area contributed by atoms with Gasteiger partial charge in [0.2, 0.25) is 0 Å². The van der Waals surface area contributed by atoms with E-state index >= 15 is 0 Å². The number of carbonyl (C=O) groups excluding carboxylic acids is 1. The third kappa shape index (κ3) is 2.26. The first-order valence-corrected chi connectivity index (χ1v) is 6.87. The number of carbonyl (C=O) groups is 1. The minimum absolute atomic E-state index is 0.200. The van der Waals surface area contributed by atoms with Crippen molar-refractivity contribution in [3.05, 3.63) is 70.2 Å². The molecule has 0 spiro atoms. The zero-order chi connectivity index (χ0) is 14.1. The van der Waals surface area contributed by atoms with Crippen LogP contribution >= 0.6 is 23.8 Å². The molecule has 2 aromatic rings. The second-order valence-corrected chi connectivity index (χ2v) is 5.22.